The van der Waals surface area contributed by atoms with Crippen LogP contribution in [0.2, 0.25) is 5.02 Å². The van der Waals surface area contributed by atoms with Gasteiger partial charge in [-0.05, 0) is 55.3 Å². The lowest BCUT2D eigenvalue weighted by molar-refractivity contribution is 0.340. The molecule has 0 bridgehead atoms. The highest BCUT2D eigenvalue weighted by Crippen LogP contribution is 2.24. The van der Waals surface area contributed by atoms with Gasteiger partial charge in [0.25, 0.3) is 0 Å². The van der Waals surface area contributed by atoms with Crippen LogP contribution in [-0.2, 0) is 6.54 Å². The Hall–Kier alpha value is -2.04. The van der Waals surface area contributed by atoms with Crippen LogP contribution in [0.3, 0.4) is 0 Å². The van der Waals surface area contributed by atoms with Gasteiger partial charge in [-0.2, -0.15) is 0 Å². The largest absolute Gasteiger partial charge is 0.494 e. The summed E-state index contributed by atoms with van der Waals surface area (Å²) in [6.07, 6.45) is 2.26. The molecule has 0 atom stereocenters. The molecule has 3 rings (SSSR count). The number of thiazole rings is 1. The van der Waals surface area contributed by atoms with E-state index in [1.165, 1.54) is 5.69 Å². The minimum atomic E-state index is 0.670. The van der Waals surface area contributed by atoms with Crippen LogP contribution in [0.15, 0.2) is 58.9 Å². The van der Waals surface area contributed by atoms with E-state index in [0.717, 1.165) is 46.2 Å². The van der Waals surface area contributed by atoms with E-state index in [2.05, 4.69) is 29.0 Å². The third-order valence-corrected chi connectivity index (χ3v) is 5.16. The number of hydrogen-bond donors (Lipinski definition) is 0. The Labute approximate surface area is 163 Å². The summed E-state index contributed by atoms with van der Waals surface area (Å²) in [5.74, 6) is 0.873. The Morgan fingerprint density at radius 2 is 1.77 bits per heavy atom. The summed E-state index contributed by atoms with van der Waals surface area (Å²) in [6.45, 7) is 5.81. The van der Waals surface area contributed by atoms with Crippen molar-refractivity contribution in [3.63, 3.8) is 0 Å². The predicted octanol–water partition coefficient (Wildman–Crippen LogP) is 6.30. The van der Waals surface area contributed by atoms with Crippen molar-refractivity contribution >= 4 is 28.6 Å². The zero-order valence-electron chi connectivity index (χ0n) is 15.1. The molecule has 0 aliphatic carbocycles. The Bertz CT molecular complexity index is 895. The molecular formula is C21H23ClN2OS. The molecule has 136 valence electrons. The Morgan fingerprint density at radius 3 is 2.42 bits per heavy atom. The van der Waals surface area contributed by atoms with Crippen molar-refractivity contribution in [2.24, 2.45) is 4.99 Å². The zero-order chi connectivity index (χ0) is 18.4. The van der Waals surface area contributed by atoms with Crippen molar-refractivity contribution in [2.45, 2.75) is 33.2 Å². The summed E-state index contributed by atoms with van der Waals surface area (Å²) in [7, 11) is 0. The van der Waals surface area contributed by atoms with Gasteiger partial charge in [-0.15, -0.1) is 11.3 Å². The van der Waals surface area contributed by atoms with Gasteiger partial charge in [-0.3, -0.25) is 0 Å². The van der Waals surface area contributed by atoms with Gasteiger partial charge in [0.05, 0.1) is 18.0 Å². The number of nitrogens with zero attached hydrogens (tertiary/aromatic N) is 2. The molecule has 3 nitrogen and oxygen atoms in total. The fourth-order valence-electron chi connectivity index (χ4n) is 2.70. The maximum atomic E-state index is 6.04. The Morgan fingerprint density at radius 1 is 1.04 bits per heavy atom. The van der Waals surface area contributed by atoms with Gasteiger partial charge in [0.15, 0.2) is 4.80 Å². The molecule has 0 unspecified atom stereocenters. The van der Waals surface area contributed by atoms with E-state index in [1.807, 2.05) is 43.3 Å². The number of ether oxygens (including phenoxy) is 1. The van der Waals surface area contributed by atoms with Gasteiger partial charge < -0.3 is 9.30 Å². The number of rotatable bonds is 7. The third kappa shape index (κ3) is 4.57. The minimum Gasteiger partial charge on any atom is -0.494 e. The highest BCUT2D eigenvalue weighted by molar-refractivity contribution is 7.07. The molecular weight excluding hydrogens is 364 g/mol. The van der Waals surface area contributed by atoms with E-state index < -0.39 is 0 Å². The lowest BCUT2D eigenvalue weighted by Gasteiger charge is -2.09. The molecule has 0 radical (unpaired) electrons. The molecule has 26 heavy (non-hydrogen) atoms. The van der Waals surface area contributed by atoms with Gasteiger partial charge in [-0.25, -0.2) is 4.99 Å². The van der Waals surface area contributed by atoms with Crippen LogP contribution in [0.4, 0.5) is 5.69 Å². The van der Waals surface area contributed by atoms with Crippen LogP contribution < -0.4 is 9.54 Å². The summed E-state index contributed by atoms with van der Waals surface area (Å²) in [5, 5.41) is 2.93. The van der Waals surface area contributed by atoms with E-state index in [9.17, 15) is 0 Å². The molecule has 3 aromatic rings. The van der Waals surface area contributed by atoms with Gasteiger partial charge >= 0.3 is 0 Å². The van der Waals surface area contributed by atoms with Crippen molar-refractivity contribution < 1.29 is 4.74 Å². The van der Waals surface area contributed by atoms with Crippen LogP contribution in [0.5, 0.6) is 5.75 Å². The second-order valence-corrected chi connectivity index (χ2v) is 7.23. The molecule has 1 aromatic heterocycles. The summed E-state index contributed by atoms with van der Waals surface area (Å²) in [4.78, 5) is 5.87. The van der Waals surface area contributed by atoms with Crippen molar-refractivity contribution in [2.75, 3.05) is 6.61 Å². The predicted molar refractivity (Wildman–Crippen MR) is 110 cm³/mol. The normalized spacial score (nSPS) is 11.7. The highest BCUT2D eigenvalue weighted by Gasteiger charge is 2.08. The van der Waals surface area contributed by atoms with Crippen LogP contribution in [0, 0.1) is 0 Å². The second-order valence-electron chi connectivity index (χ2n) is 5.95. The van der Waals surface area contributed by atoms with Crippen molar-refractivity contribution in [1.82, 2.24) is 4.57 Å². The number of aromatic nitrogens is 1. The molecule has 0 saturated carbocycles. The number of unbranched alkanes of at least 4 members (excludes halogenated alkanes) is 1. The summed E-state index contributed by atoms with van der Waals surface area (Å²) < 4.78 is 7.80. The molecule has 0 fully saturated rings. The number of hydrogen-bond acceptors (Lipinski definition) is 3. The van der Waals surface area contributed by atoms with Crippen molar-refractivity contribution in [3.05, 3.63) is 63.7 Å². The lowest BCUT2D eigenvalue weighted by Crippen LogP contribution is -2.15. The van der Waals surface area contributed by atoms with Crippen LogP contribution in [0.25, 0.3) is 11.3 Å². The lowest BCUT2D eigenvalue weighted by atomic mass is 10.1. The molecule has 0 spiro atoms. The van der Waals surface area contributed by atoms with E-state index in [1.54, 1.807) is 11.3 Å². The van der Waals surface area contributed by atoms with E-state index in [4.69, 9.17) is 21.3 Å². The topological polar surface area (TPSA) is 26.5 Å². The first-order valence-corrected chi connectivity index (χ1v) is 10.2. The third-order valence-electron chi connectivity index (χ3n) is 4.05. The van der Waals surface area contributed by atoms with Gasteiger partial charge in [-0.1, -0.05) is 37.1 Å². The van der Waals surface area contributed by atoms with Crippen molar-refractivity contribution in [3.8, 4) is 17.0 Å². The summed E-state index contributed by atoms with van der Waals surface area (Å²) in [5.41, 5.74) is 3.28. The van der Waals surface area contributed by atoms with E-state index in [-0.39, 0.29) is 0 Å². The van der Waals surface area contributed by atoms with Crippen LogP contribution in [-0.4, -0.2) is 11.2 Å². The summed E-state index contributed by atoms with van der Waals surface area (Å²) in [6, 6.07) is 15.9. The zero-order valence-corrected chi connectivity index (χ0v) is 16.7. The molecule has 0 aliphatic heterocycles. The highest BCUT2D eigenvalue weighted by atomic mass is 35.5. The molecule has 1 heterocycles. The van der Waals surface area contributed by atoms with E-state index >= 15 is 0 Å². The van der Waals surface area contributed by atoms with Crippen LogP contribution >= 0.6 is 22.9 Å². The first-order chi connectivity index (χ1) is 12.7. The van der Waals surface area contributed by atoms with Gasteiger partial charge in [0.2, 0.25) is 0 Å². The standard InChI is InChI=1S/C21H23ClN2OS/c1-3-5-14-24-20(16-6-8-17(22)9-7-16)15-26-21(24)23-18-10-12-19(13-11-18)25-4-2/h6-13,15H,3-5,14H2,1-2H3. The van der Waals surface area contributed by atoms with Gasteiger partial charge in [0, 0.05) is 16.9 Å². The Balaban J connectivity index is 1.99. The van der Waals surface area contributed by atoms with E-state index in [0.29, 0.717) is 6.61 Å². The number of halogens is 1. The molecule has 2 aromatic carbocycles. The quantitative estimate of drug-likeness (QED) is 0.467. The fraction of sp³-hybridized carbons (Fsp3) is 0.286. The first-order valence-electron chi connectivity index (χ1n) is 8.93. The minimum absolute atomic E-state index is 0.670. The Kier molecular flexibility index (Phi) is 6.53. The average molecular weight is 387 g/mol. The molecule has 5 heteroatoms. The molecule has 0 N–H and O–H groups in total. The maximum absolute atomic E-state index is 6.04. The molecule has 0 saturated heterocycles. The second kappa shape index (κ2) is 9.06. The average Bonchev–Trinajstić information content (AvgIpc) is 3.05. The SMILES string of the molecule is CCCCn1c(-c2ccc(Cl)cc2)csc1=Nc1ccc(OCC)cc1. The monoisotopic (exact) mass is 386 g/mol. The number of benzene rings is 2. The molecule has 0 aliphatic rings. The fourth-order valence-corrected chi connectivity index (χ4v) is 3.78. The van der Waals surface area contributed by atoms with Gasteiger partial charge in [0.1, 0.15) is 5.75 Å². The van der Waals surface area contributed by atoms with Crippen molar-refractivity contribution in [1.29, 1.82) is 0 Å². The molecule has 0 amide bonds. The van der Waals surface area contributed by atoms with Crippen LogP contribution in [0.1, 0.15) is 26.7 Å². The summed E-state index contributed by atoms with van der Waals surface area (Å²) >= 11 is 7.70. The smallest absolute Gasteiger partial charge is 0.190 e. The first kappa shape index (κ1) is 18.7. The maximum Gasteiger partial charge on any atom is 0.190 e.